The van der Waals surface area contributed by atoms with Gasteiger partial charge in [0, 0.05) is 18.8 Å². The first-order valence-corrected chi connectivity index (χ1v) is 8.22. The number of hydrogen-bond donors (Lipinski definition) is 2. The lowest BCUT2D eigenvalue weighted by Crippen LogP contribution is -2.43. The maximum absolute atomic E-state index is 9.92. The van der Waals surface area contributed by atoms with E-state index in [1.165, 1.54) is 24.1 Å². The lowest BCUT2D eigenvalue weighted by atomic mass is 9.93. The molecule has 2 atom stereocenters. The Morgan fingerprint density at radius 3 is 2.90 bits per heavy atom. The van der Waals surface area contributed by atoms with Gasteiger partial charge in [-0.1, -0.05) is 19.1 Å². The van der Waals surface area contributed by atoms with Crippen molar-refractivity contribution in [2.24, 2.45) is 11.7 Å². The van der Waals surface area contributed by atoms with Crippen LogP contribution in [-0.4, -0.2) is 34.3 Å². The molecule has 1 aliphatic heterocycles. The summed E-state index contributed by atoms with van der Waals surface area (Å²) in [6.07, 6.45) is 5.11. The zero-order valence-electron chi connectivity index (χ0n) is 12.5. The van der Waals surface area contributed by atoms with Crippen LogP contribution < -0.4 is 10.6 Å². The summed E-state index contributed by atoms with van der Waals surface area (Å²) in [6, 6.07) is 2.15. The van der Waals surface area contributed by atoms with Crippen molar-refractivity contribution in [1.82, 2.24) is 4.98 Å². The van der Waals surface area contributed by atoms with Gasteiger partial charge in [-0.2, -0.15) is 0 Å². The third-order valence-electron chi connectivity index (χ3n) is 4.71. The Balaban J connectivity index is 1.98. The van der Waals surface area contributed by atoms with Gasteiger partial charge in [0.25, 0.3) is 0 Å². The van der Waals surface area contributed by atoms with Crippen LogP contribution in [-0.2, 0) is 12.8 Å². The fourth-order valence-corrected chi connectivity index (χ4v) is 3.52. The van der Waals surface area contributed by atoms with Gasteiger partial charge in [-0.05, 0) is 49.7 Å². The quantitative estimate of drug-likeness (QED) is 0.816. The van der Waals surface area contributed by atoms with Crippen molar-refractivity contribution in [3.05, 3.63) is 22.9 Å². The molecular formula is C16H23N3OS. The molecular weight excluding hydrogens is 282 g/mol. The van der Waals surface area contributed by atoms with Gasteiger partial charge in [-0.15, -0.1) is 0 Å². The maximum Gasteiger partial charge on any atom is 0.139 e. The van der Waals surface area contributed by atoms with Crippen LogP contribution in [0.15, 0.2) is 6.07 Å². The van der Waals surface area contributed by atoms with Crippen LogP contribution in [0.25, 0.3) is 0 Å². The first-order chi connectivity index (χ1) is 10.1. The molecule has 2 unspecified atom stereocenters. The van der Waals surface area contributed by atoms with E-state index in [-0.39, 0.29) is 12.0 Å². The average Bonchev–Trinajstić information content (AvgIpc) is 2.48. The molecule has 1 aromatic rings. The topological polar surface area (TPSA) is 62.4 Å². The van der Waals surface area contributed by atoms with E-state index in [0.717, 1.165) is 43.7 Å². The zero-order valence-corrected chi connectivity index (χ0v) is 13.3. The normalized spacial score (nSPS) is 25.5. The highest BCUT2D eigenvalue weighted by Crippen LogP contribution is 2.29. The van der Waals surface area contributed by atoms with Crippen LogP contribution in [0.4, 0.5) is 5.82 Å². The van der Waals surface area contributed by atoms with E-state index in [1.807, 2.05) is 0 Å². The van der Waals surface area contributed by atoms with Crippen LogP contribution in [0, 0.1) is 5.92 Å². The van der Waals surface area contributed by atoms with Gasteiger partial charge < -0.3 is 15.7 Å². The molecule has 114 valence electrons. The molecule has 0 radical (unpaired) electrons. The van der Waals surface area contributed by atoms with Crippen molar-refractivity contribution in [2.75, 3.05) is 18.0 Å². The molecule has 2 heterocycles. The highest BCUT2D eigenvalue weighted by Gasteiger charge is 2.28. The number of aromatic nitrogens is 1. The molecule has 3 rings (SSSR count). The molecule has 1 saturated heterocycles. The number of aliphatic hydroxyl groups excluding tert-OH is 1. The molecule has 21 heavy (non-hydrogen) atoms. The monoisotopic (exact) mass is 305 g/mol. The van der Waals surface area contributed by atoms with Crippen molar-refractivity contribution >= 4 is 23.0 Å². The Labute approximate surface area is 131 Å². The van der Waals surface area contributed by atoms with Crippen LogP contribution in [0.1, 0.15) is 43.0 Å². The largest absolute Gasteiger partial charge is 0.393 e. The van der Waals surface area contributed by atoms with Gasteiger partial charge in [0.15, 0.2) is 0 Å². The Morgan fingerprint density at radius 2 is 2.19 bits per heavy atom. The van der Waals surface area contributed by atoms with E-state index in [2.05, 4.69) is 17.9 Å². The van der Waals surface area contributed by atoms with Gasteiger partial charge in [-0.25, -0.2) is 4.98 Å². The third kappa shape index (κ3) is 2.90. The second-order valence-electron chi connectivity index (χ2n) is 6.32. The fraction of sp³-hybridized carbons (Fsp3) is 0.625. The standard InChI is InChI=1S/C16H23N3OS/c1-10-9-19(7-6-14(10)20)16-12(15(17)21)8-11-4-2-3-5-13(11)18-16/h8,10,14,20H,2-7,9H2,1H3,(H2,17,21). The van der Waals surface area contributed by atoms with E-state index in [1.54, 1.807) is 0 Å². The number of piperidine rings is 1. The summed E-state index contributed by atoms with van der Waals surface area (Å²) in [6.45, 7) is 3.70. The molecule has 0 aromatic carbocycles. The number of hydrogen-bond acceptors (Lipinski definition) is 4. The van der Waals surface area contributed by atoms with E-state index in [9.17, 15) is 5.11 Å². The second-order valence-corrected chi connectivity index (χ2v) is 6.76. The number of rotatable bonds is 2. The minimum Gasteiger partial charge on any atom is -0.393 e. The van der Waals surface area contributed by atoms with Crippen LogP contribution in [0.2, 0.25) is 0 Å². The van der Waals surface area contributed by atoms with Gasteiger partial charge in [0.05, 0.1) is 11.7 Å². The van der Waals surface area contributed by atoms with E-state index >= 15 is 0 Å². The Hall–Kier alpha value is -1.20. The van der Waals surface area contributed by atoms with Gasteiger partial charge in [-0.3, -0.25) is 0 Å². The zero-order chi connectivity index (χ0) is 15.0. The molecule has 1 fully saturated rings. The molecule has 4 nitrogen and oxygen atoms in total. The number of pyridine rings is 1. The van der Waals surface area contributed by atoms with Gasteiger partial charge in [0.2, 0.25) is 0 Å². The highest BCUT2D eigenvalue weighted by atomic mass is 32.1. The minimum atomic E-state index is -0.216. The smallest absolute Gasteiger partial charge is 0.139 e. The number of nitrogens with zero attached hydrogens (tertiary/aromatic N) is 2. The number of aliphatic hydroxyl groups is 1. The number of anilines is 1. The predicted molar refractivity (Wildman–Crippen MR) is 88.8 cm³/mol. The van der Waals surface area contributed by atoms with E-state index < -0.39 is 0 Å². The van der Waals surface area contributed by atoms with Crippen LogP contribution in [0.5, 0.6) is 0 Å². The Kier molecular flexibility index (Phi) is 4.13. The van der Waals surface area contributed by atoms with Crippen molar-refractivity contribution in [3.63, 3.8) is 0 Å². The van der Waals surface area contributed by atoms with Crippen LogP contribution >= 0.6 is 12.2 Å². The molecule has 2 aliphatic rings. The summed E-state index contributed by atoms with van der Waals surface area (Å²) >= 11 is 5.24. The Bertz CT molecular complexity index is 561. The summed E-state index contributed by atoms with van der Waals surface area (Å²) in [5.74, 6) is 1.16. The summed E-state index contributed by atoms with van der Waals surface area (Å²) < 4.78 is 0. The van der Waals surface area contributed by atoms with Crippen LogP contribution in [0.3, 0.4) is 0 Å². The average molecular weight is 305 g/mol. The number of aryl methyl sites for hydroxylation is 2. The molecule has 5 heteroatoms. The molecule has 3 N–H and O–H groups in total. The number of thiocarbonyl (C=S) groups is 1. The molecule has 0 bridgehead atoms. The molecule has 1 aliphatic carbocycles. The van der Waals surface area contributed by atoms with Crippen molar-refractivity contribution < 1.29 is 5.11 Å². The summed E-state index contributed by atoms with van der Waals surface area (Å²) in [4.78, 5) is 7.55. The predicted octanol–water partition coefficient (Wildman–Crippen LogP) is 1.80. The maximum atomic E-state index is 9.92. The molecule has 0 saturated carbocycles. The first-order valence-electron chi connectivity index (χ1n) is 7.82. The van der Waals surface area contributed by atoms with E-state index in [0.29, 0.717) is 4.99 Å². The highest BCUT2D eigenvalue weighted by molar-refractivity contribution is 7.80. The van der Waals surface area contributed by atoms with Gasteiger partial charge in [0.1, 0.15) is 10.8 Å². The van der Waals surface area contributed by atoms with E-state index in [4.69, 9.17) is 22.9 Å². The first kappa shape index (κ1) is 14.7. The van der Waals surface area contributed by atoms with Crippen molar-refractivity contribution in [1.29, 1.82) is 0 Å². The van der Waals surface area contributed by atoms with Gasteiger partial charge >= 0.3 is 0 Å². The fourth-order valence-electron chi connectivity index (χ4n) is 3.37. The molecule has 0 spiro atoms. The summed E-state index contributed by atoms with van der Waals surface area (Å²) in [5, 5.41) is 9.92. The summed E-state index contributed by atoms with van der Waals surface area (Å²) in [7, 11) is 0. The third-order valence-corrected chi connectivity index (χ3v) is 4.93. The Morgan fingerprint density at radius 1 is 1.43 bits per heavy atom. The molecule has 1 aromatic heterocycles. The second kappa shape index (κ2) is 5.89. The van der Waals surface area contributed by atoms with Crippen molar-refractivity contribution in [3.8, 4) is 0 Å². The lowest BCUT2D eigenvalue weighted by Gasteiger charge is -2.36. The SMILES string of the molecule is CC1CN(c2nc3c(cc2C(N)=S)CCCC3)CCC1O. The molecule has 0 amide bonds. The number of nitrogens with two attached hydrogens (primary N) is 1. The summed E-state index contributed by atoms with van der Waals surface area (Å²) in [5.41, 5.74) is 9.34. The van der Waals surface area contributed by atoms with Crippen molar-refractivity contribution in [2.45, 2.75) is 45.1 Å². The minimum absolute atomic E-state index is 0.216. The number of fused-ring (bicyclic) bond motifs is 1. The lowest BCUT2D eigenvalue weighted by molar-refractivity contribution is 0.0968.